The molecular weight excluding hydrogens is 405 g/mol. The maximum Gasteiger partial charge on any atom is 0.434 e. The van der Waals surface area contributed by atoms with Crippen molar-refractivity contribution in [2.75, 3.05) is 41.4 Å². The zero-order chi connectivity index (χ0) is 21.4. The molecule has 6 nitrogen and oxygen atoms in total. The van der Waals surface area contributed by atoms with Crippen molar-refractivity contribution in [1.29, 1.82) is 0 Å². The van der Waals surface area contributed by atoms with E-state index in [1.54, 1.807) is 21.3 Å². The summed E-state index contributed by atoms with van der Waals surface area (Å²) in [6.45, 7) is 1.14. The number of rotatable bonds is 8. The molecule has 1 aromatic carbocycles. The van der Waals surface area contributed by atoms with Crippen LogP contribution in [-0.2, 0) is 19.0 Å². The summed E-state index contributed by atoms with van der Waals surface area (Å²) in [5, 5.41) is 4.64. The maximum absolute atomic E-state index is 12.6. The largest absolute Gasteiger partial charge is 0.493 e. The number of aliphatic imine (C=N–C) groups is 1. The summed E-state index contributed by atoms with van der Waals surface area (Å²) in [7, 11) is 6.76. The van der Waals surface area contributed by atoms with Crippen LogP contribution in [0.2, 0.25) is 0 Å². The van der Waals surface area contributed by atoms with Gasteiger partial charge in [-0.2, -0.15) is 13.2 Å². The summed E-state index contributed by atoms with van der Waals surface area (Å²) < 4.78 is 48.4. The van der Waals surface area contributed by atoms with Crippen molar-refractivity contribution in [3.8, 4) is 11.5 Å². The molecule has 160 valence electrons. The van der Waals surface area contributed by atoms with Crippen molar-refractivity contribution in [2.45, 2.75) is 19.0 Å². The second-order valence-electron chi connectivity index (χ2n) is 6.21. The second-order valence-corrected chi connectivity index (χ2v) is 7.15. The second kappa shape index (κ2) is 10.3. The van der Waals surface area contributed by atoms with Gasteiger partial charge in [-0.3, -0.25) is 4.99 Å². The number of nitrogens with one attached hydrogen (secondary N) is 1. The molecule has 0 aliphatic rings. The number of benzene rings is 1. The summed E-state index contributed by atoms with van der Waals surface area (Å²) in [4.78, 5) is 9.82. The standard InChI is InChI=1S/C19H25F3N4O2S/c1-23-18(24-9-7-17-25-16(12-29-17)19(20,21)22)26(2)10-8-13-5-6-14(27-3)15(11-13)28-4/h5-6,11-12H,7-10H2,1-4H3,(H,23,24). The Balaban J connectivity index is 1.84. The van der Waals surface area contributed by atoms with Gasteiger partial charge in [0.15, 0.2) is 23.2 Å². The highest BCUT2D eigenvalue weighted by Crippen LogP contribution is 2.30. The van der Waals surface area contributed by atoms with E-state index in [1.807, 2.05) is 30.1 Å². The van der Waals surface area contributed by atoms with Crippen LogP contribution in [0, 0.1) is 0 Å². The van der Waals surface area contributed by atoms with Crippen molar-refractivity contribution >= 4 is 17.3 Å². The summed E-state index contributed by atoms with van der Waals surface area (Å²) in [5.41, 5.74) is 0.251. The number of halogens is 3. The van der Waals surface area contributed by atoms with Gasteiger partial charge in [0, 0.05) is 39.0 Å². The van der Waals surface area contributed by atoms with Crippen LogP contribution in [0.5, 0.6) is 11.5 Å². The van der Waals surface area contributed by atoms with Gasteiger partial charge >= 0.3 is 6.18 Å². The van der Waals surface area contributed by atoms with Gasteiger partial charge in [-0.25, -0.2) is 4.98 Å². The van der Waals surface area contributed by atoms with Crippen molar-refractivity contribution in [1.82, 2.24) is 15.2 Å². The van der Waals surface area contributed by atoms with Crippen LogP contribution in [-0.4, -0.2) is 57.2 Å². The summed E-state index contributed by atoms with van der Waals surface area (Å²) in [6, 6.07) is 5.78. The van der Waals surface area contributed by atoms with Crippen LogP contribution in [0.4, 0.5) is 13.2 Å². The Bertz CT molecular complexity index is 824. The Morgan fingerprint density at radius 2 is 1.93 bits per heavy atom. The summed E-state index contributed by atoms with van der Waals surface area (Å²) in [5.74, 6) is 2.02. The van der Waals surface area contributed by atoms with E-state index < -0.39 is 11.9 Å². The Morgan fingerprint density at radius 1 is 1.21 bits per heavy atom. The third-order valence-corrected chi connectivity index (χ3v) is 5.13. The first-order valence-electron chi connectivity index (χ1n) is 8.92. The van der Waals surface area contributed by atoms with Crippen LogP contribution in [0.3, 0.4) is 0 Å². The molecule has 0 bridgehead atoms. The third kappa shape index (κ3) is 6.52. The van der Waals surface area contributed by atoms with Crippen molar-refractivity contribution in [2.24, 2.45) is 4.99 Å². The predicted octanol–water partition coefficient (Wildman–Crippen LogP) is 3.47. The molecule has 29 heavy (non-hydrogen) atoms. The van der Waals surface area contributed by atoms with E-state index in [-0.39, 0.29) is 0 Å². The molecule has 2 aromatic rings. The fraction of sp³-hybridized carbons (Fsp3) is 0.474. The Labute approximate surface area is 172 Å². The van der Waals surface area contributed by atoms with Gasteiger partial charge in [0.1, 0.15) is 0 Å². The average Bonchev–Trinajstić information content (AvgIpc) is 3.18. The zero-order valence-electron chi connectivity index (χ0n) is 16.8. The highest BCUT2D eigenvalue weighted by molar-refractivity contribution is 7.09. The summed E-state index contributed by atoms with van der Waals surface area (Å²) >= 11 is 1.01. The molecule has 0 saturated carbocycles. The first kappa shape index (κ1) is 22.8. The van der Waals surface area contributed by atoms with Crippen molar-refractivity contribution < 1.29 is 22.6 Å². The van der Waals surface area contributed by atoms with Gasteiger partial charge in [-0.15, -0.1) is 11.3 Å². The quantitative estimate of drug-likeness (QED) is 0.513. The fourth-order valence-electron chi connectivity index (χ4n) is 2.66. The summed E-state index contributed by atoms with van der Waals surface area (Å²) in [6.07, 6.45) is -3.25. The van der Waals surface area contributed by atoms with Crippen LogP contribution in [0.25, 0.3) is 0 Å². The van der Waals surface area contributed by atoms with Crippen molar-refractivity contribution in [3.63, 3.8) is 0 Å². The van der Waals surface area contributed by atoms with E-state index in [9.17, 15) is 13.2 Å². The minimum Gasteiger partial charge on any atom is -0.493 e. The number of hydrogen-bond acceptors (Lipinski definition) is 5. The van der Waals surface area contributed by atoms with Crippen LogP contribution >= 0.6 is 11.3 Å². The van der Waals surface area contributed by atoms with Gasteiger partial charge in [-0.1, -0.05) is 6.07 Å². The molecule has 1 N–H and O–H groups in total. The van der Waals surface area contributed by atoms with E-state index in [0.717, 1.165) is 28.7 Å². The Hall–Kier alpha value is -2.49. The molecule has 0 aliphatic carbocycles. The topological polar surface area (TPSA) is 59.0 Å². The van der Waals surface area contributed by atoms with Gasteiger partial charge in [0.05, 0.1) is 19.2 Å². The van der Waals surface area contributed by atoms with E-state index in [4.69, 9.17) is 9.47 Å². The van der Waals surface area contributed by atoms with Gasteiger partial charge in [-0.05, 0) is 24.1 Å². The highest BCUT2D eigenvalue weighted by atomic mass is 32.1. The lowest BCUT2D eigenvalue weighted by Gasteiger charge is -2.22. The van der Waals surface area contributed by atoms with Crippen LogP contribution in [0.1, 0.15) is 16.3 Å². The Kier molecular flexibility index (Phi) is 8.12. The minimum atomic E-state index is -4.40. The molecular formula is C19H25F3N4O2S. The van der Waals surface area contributed by atoms with E-state index >= 15 is 0 Å². The first-order valence-corrected chi connectivity index (χ1v) is 9.80. The lowest BCUT2D eigenvalue weighted by Crippen LogP contribution is -2.40. The molecule has 0 aliphatic heterocycles. The number of aromatic nitrogens is 1. The molecule has 0 fully saturated rings. The number of thiazole rings is 1. The van der Waals surface area contributed by atoms with Gasteiger partial charge in [0.2, 0.25) is 0 Å². The van der Waals surface area contributed by atoms with Gasteiger partial charge < -0.3 is 19.7 Å². The lowest BCUT2D eigenvalue weighted by molar-refractivity contribution is -0.140. The minimum absolute atomic E-state index is 0.392. The average molecular weight is 430 g/mol. The highest BCUT2D eigenvalue weighted by Gasteiger charge is 2.33. The molecule has 0 unspecified atom stereocenters. The SMILES string of the molecule is CN=C(NCCc1nc(C(F)(F)F)cs1)N(C)CCc1ccc(OC)c(OC)c1. The van der Waals surface area contributed by atoms with E-state index in [1.165, 1.54) is 0 Å². The Morgan fingerprint density at radius 3 is 2.52 bits per heavy atom. The van der Waals surface area contributed by atoms with Crippen LogP contribution in [0.15, 0.2) is 28.6 Å². The van der Waals surface area contributed by atoms with E-state index in [0.29, 0.717) is 42.0 Å². The molecule has 1 aromatic heterocycles. The molecule has 0 spiro atoms. The zero-order valence-corrected chi connectivity index (χ0v) is 17.7. The molecule has 10 heteroatoms. The number of alkyl halides is 3. The first-order chi connectivity index (χ1) is 13.8. The van der Waals surface area contributed by atoms with Crippen molar-refractivity contribution in [3.05, 3.63) is 39.8 Å². The number of likely N-dealkylation sites (N-methyl/N-ethyl adjacent to an activating group) is 1. The van der Waals surface area contributed by atoms with E-state index in [2.05, 4.69) is 15.3 Å². The normalized spacial score (nSPS) is 12.0. The molecule has 2 rings (SSSR count). The molecule has 0 amide bonds. The number of methoxy groups -OCH3 is 2. The number of ether oxygens (including phenoxy) is 2. The fourth-order valence-corrected chi connectivity index (χ4v) is 3.47. The predicted molar refractivity (Wildman–Crippen MR) is 108 cm³/mol. The lowest BCUT2D eigenvalue weighted by atomic mass is 10.1. The molecule has 0 saturated heterocycles. The number of guanidine groups is 1. The van der Waals surface area contributed by atoms with Gasteiger partial charge in [0.25, 0.3) is 0 Å². The smallest absolute Gasteiger partial charge is 0.434 e. The number of hydrogen-bond donors (Lipinski definition) is 1. The molecule has 0 radical (unpaired) electrons. The van der Waals surface area contributed by atoms with Crippen LogP contribution < -0.4 is 14.8 Å². The third-order valence-electron chi connectivity index (χ3n) is 4.22. The molecule has 0 atom stereocenters. The monoisotopic (exact) mass is 430 g/mol. The maximum atomic E-state index is 12.6. The number of nitrogens with zero attached hydrogens (tertiary/aromatic N) is 3. The molecule has 1 heterocycles.